The largest absolute Gasteiger partial charge is 0.482 e. The molecule has 11 heteroatoms. The molecule has 0 bridgehead atoms. The van der Waals surface area contributed by atoms with Crippen LogP contribution in [0.15, 0.2) is 48.5 Å². The Morgan fingerprint density at radius 3 is 2.68 bits per heavy atom. The monoisotopic (exact) mass is 562 g/mol. The Hall–Kier alpha value is -4.22. The quantitative estimate of drug-likeness (QED) is 0.224. The second-order valence-electron chi connectivity index (χ2n) is 9.96. The van der Waals surface area contributed by atoms with Gasteiger partial charge in [0.15, 0.2) is 12.4 Å². The normalized spacial score (nSPS) is 11.4. The highest BCUT2D eigenvalue weighted by molar-refractivity contribution is 6.06. The van der Waals surface area contributed by atoms with E-state index in [0.717, 1.165) is 34.4 Å². The van der Waals surface area contributed by atoms with Crippen LogP contribution < -0.4 is 10.5 Å². The Morgan fingerprint density at radius 1 is 1.12 bits per heavy atom. The van der Waals surface area contributed by atoms with Crippen LogP contribution in [-0.4, -0.2) is 88.3 Å². The van der Waals surface area contributed by atoms with Gasteiger partial charge in [-0.3, -0.25) is 9.69 Å². The van der Waals surface area contributed by atoms with E-state index >= 15 is 0 Å². The molecule has 0 aliphatic rings. The summed E-state index contributed by atoms with van der Waals surface area (Å²) in [6, 6.07) is 15.1. The number of methoxy groups -OCH3 is 1. The molecule has 0 radical (unpaired) electrons. The van der Waals surface area contributed by atoms with Gasteiger partial charge in [-0.15, -0.1) is 0 Å². The van der Waals surface area contributed by atoms with E-state index in [1.807, 2.05) is 54.1 Å². The maximum atomic E-state index is 13.4. The number of para-hydroxylation sites is 1. The molecule has 2 aromatic heterocycles. The number of hydrogen-bond donors (Lipinski definition) is 2. The number of amides is 1. The molecule has 0 fully saturated rings. The van der Waals surface area contributed by atoms with Crippen molar-refractivity contribution in [1.29, 1.82) is 0 Å². The van der Waals surface area contributed by atoms with E-state index in [-0.39, 0.29) is 5.91 Å². The molecule has 0 spiro atoms. The topological polar surface area (TPSA) is 136 Å². The van der Waals surface area contributed by atoms with Gasteiger partial charge in [0.05, 0.1) is 24.2 Å². The number of carbonyl (C=O) groups excluding carboxylic acids is 1. The number of aliphatic carboxylic acids is 1. The molecule has 3 N–H and O–H groups in total. The fourth-order valence-electron chi connectivity index (χ4n) is 4.78. The Balaban J connectivity index is 1.59. The van der Waals surface area contributed by atoms with Gasteiger partial charge >= 0.3 is 5.97 Å². The molecule has 0 aliphatic heterocycles. The third-order valence-electron chi connectivity index (χ3n) is 6.96. The van der Waals surface area contributed by atoms with Gasteiger partial charge in [0, 0.05) is 38.6 Å². The van der Waals surface area contributed by atoms with Crippen molar-refractivity contribution in [2.24, 2.45) is 0 Å². The molecule has 4 rings (SSSR count). The van der Waals surface area contributed by atoms with Gasteiger partial charge in [-0.25, -0.2) is 14.8 Å². The van der Waals surface area contributed by atoms with Gasteiger partial charge < -0.3 is 29.8 Å². The molecule has 2 aromatic carbocycles. The van der Waals surface area contributed by atoms with Crippen LogP contribution in [0.25, 0.3) is 21.9 Å². The van der Waals surface area contributed by atoms with Crippen LogP contribution >= 0.6 is 0 Å². The highest BCUT2D eigenvalue weighted by Crippen LogP contribution is 2.29. The smallest absolute Gasteiger partial charge is 0.341 e. The van der Waals surface area contributed by atoms with E-state index in [1.54, 1.807) is 25.3 Å². The lowest BCUT2D eigenvalue weighted by Crippen LogP contribution is -2.39. The zero-order valence-corrected chi connectivity index (χ0v) is 23.9. The third-order valence-corrected chi connectivity index (χ3v) is 6.96. The molecule has 0 atom stereocenters. The Bertz CT molecular complexity index is 1500. The first-order valence-electron chi connectivity index (χ1n) is 13.7. The summed E-state index contributed by atoms with van der Waals surface area (Å²) < 4.78 is 12.9. The second kappa shape index (κ2) is 13.9. The number of rotatable bonds is 15. The highest BCUT2D eigenvalue weighted by Gasteiger charge is 2.19. The Morgan fingerprint density at radius 2 is 1.93 bits per heavy atom. The Kier molecular flexibility index (Phi) is 10.1. The number of nitrogens with two attached hydrogens (primary N) is 1. The summed E-state index contributed by atoms with van der Waals surface area (Å²) in [6.07, 6.45) is 1.30. The number of fused-ring (bicyclic) bond motifs is 3. The van der Waals surface area contributed by atoms with Crippen molar-refractivity contribution in [2.45, 2.75) is 32.9 Å². The molecule has 0 saturated carbocycles. The average Bonchev–Trinajstić information content (AvgIpc) is 3.33. The molecule has 4 aromatic rings. The number of carboxylic acid groups (broad SMARTS) is 1. The SMILES string of the molecule is CCN(C)CC(=O)N(CCCn1c(CCOC)nc2c(N)nc3ccccc3c21)Cc1cccc(OCC(=O)O)c1. The number of aromatic nitrogens is 3. The number of carboxylic acids is 1. The molecule has 0 saturated heterocycles. The summed E-state index contributed by atoms with van der Waals surface area (Å²) in [5.74, 6) is 0.671. The first-order chi connectivity index (χ1) is 19.8. The molecule has 1 amide bonds. The van der Waals surface area contributed by atoms with Crippen LogP contribution in [-0.2, 0) is 33.8 Å². The molecule has 218 valence electrons. The van der Waals surface area contributed by atoms with E-state index in [2.05, 4.69) is 9.55 Å². The predicted octanol–water partition coefficient (Wildman–Crippen LogP) is 3.19. The minimum absolute atomic E-state index is 0.0141. The minimum Gasteiger partial charge on any atom is -0.482 e. The molecular weight excluding hydrogens is 524 g/mol. The summed E-state index contributed by atoms with van der Waals surface area (Å²) in [5.41, 5.74) is 9.60. The summed E-state index contributed by atoms with van der Waals surface area (Å²) in [6.45, 7) is 4.67. The zero-order chi connectivity index (χ0) is 29.4. The molecular formula is C30H38N6O5. The minimum atomic E-state index is -1.04. The summed E-state index contributed by atoms with van der Waals surface area (Å²) in [4.78, 5) is 37.5. The standard InChI is InChI=1S/C30H38N6O5/c1-4-34(2)19-26(37)35(18-21-9-7-10-22(17-21)41-20-27(38)39)14-8-15-36-25(13-16-40-3)33-28-29(36)23-11-5-6-12-24(23)32-30(28)31/h5-7,9-12,17H,4,8,13-16,18-20H2,1-3H3,(H2,31,32)(H,38,39). The van der Waals surface area contributed by atoms with Gasteiger partial charge in [-0.1, -0.05) is 37.3 Å². The number of likely N-dealkylation sites (N-methyl/N-ethyl adjacent to an activating group) is 1. The van der Waals surface area contributed by atoms with Crippen LogP contribution in [0.1, 0.15) is 24.7 Å². The van der Waals surface area contributed by atoms with Gasteiger partial charge in [0.1, 0.15) is 17.1 Å². The first kappa shape index (κ1) is 29.8. The van der Waals surface area contributed by atoms with E-state index in [4.69, 9.17) is 25.3 Å². The number of carbonyl (C=O) groups is 2. The molecule has 41 heavy (non-hydrogen) atoms. The number of aryl methyl sites for hydroxylation is 1. The average molecular weight is 563 g/mol. The van der Waals surface area contributed by atoms with Gasteiger partial charge in [-0.2, -0.15) is 0 Å². The first-order valence-corrected chi connectivity index (χ1v) is 13.7. The number of ether oxygens (including phenoxy) is 2. The lowest BCUT2D eigenvalue weighted by Gasteiger charge is -2.26. The van der Waals surface area contributed by atoms with Crippen molar-refractivity contribution in [3.05, 3.63) is 59.9 Å². The maximum absolute atomic E-state index is 13.4. The Labute approximate surface area is 239 Å². The van der Waals surface area contributed by atoms with Crippen molar-refractivity contribution in [2.75, 3.05) is 52.7 Å². The number of benzene rings is 2. The third kappa shape index (κ3) is 7.50. The lowest BCUT2D eigenvalue weighted by molar-refractivity contribution is -0.139. The van der Waals surface area contributed by atoms with E-state index < -0.39 is 12.6 Å². The highest BCUT2D eigenvalue weighted by atomic mass is 16.5. The molecule has 2 heterocycles. The van der Waals surface area contributed by atoms with Gasteiger partial charge in [0.25, 0.3) is 0 Å². The number of anilines is 1. The van der Waals surface area contributed by atoms with Crippen molar-refractivity contribution >= 4 is 39.6 Å². The van der Waals surface area contributed by atoms with E-state index in [1.165, 1.54) is 0 Å². The molecule has 0 unspecified atom stereocenters. The van der Waals surface area contributed by atoms with Crippen LogP contribution in [0.2, 0.25) is 0 Å². The van der Waals surface area contributed by atoms with Crippen LogP contribution in [0.4, 0.5) is 5.82 Å². The number of nitrogens with zero attached hydrogens (tertiary/aromatic N) is 5. The van der Waals surface area contributed by atoms with Crippen molar-refractivity contribution in [3.63, 3.8) is 0 Å². The molecule has 0 aliphatic carbocycles. The summed E-state index contributed by atoms with van der Waals surface area (Å²) >= 11 is 0. The number of imidazole rings is 1. The summed E-state index contributed by atoms with van der Waals surface area (Å²) in [7, 11) is 3.58. The van der Waals surface area contributed by atoms with Crippen LogP contribution in [0.5, 0.6) is 5.75 Å². The van der Waals surface area contributed by atoms with Crippen molar-refractivity contribution in [3.8, 4) is 5.75 Å². The predicted molar refractivity (Wildman–Crippen MR) is 158 cm³/mol. The lowest BCUT2D eigenvalue weighted by atomic mass is 10.1. The second-order valence-corrected chi connectivity index (χ2v) is 9.96. The summed E-state index contributed by atoms with van der Waals surface area (Å²) in [5, 5.41) is 9.92. The number of hydrogen-bond acceptors (Lipinski definition) is 8. The number of pyridine rings is 1. The number of nitrogen functional groups attached to an aromatic ring is 1. The van der Waals surface area contributed by atoms with Crippen LogP contribution in [0, 0.1) is 0 Å². The zero-order valence-electron chi connectivity index (χ0n) is 23.9. The van der Waals surface area contributed by atoms with Crippen molar-refractivity contribution in [1.82, 2.24) is 24.3 Å². The van der Waals surface area contributed by atoms with Gasteiger partial charge in [0.2, 0.25) is 5.91 Å². The van der Waals surface area contributed by atoms with Crippen LogP contribution in [0.3, 0.4) is 0 Å². The van der Waals surface area contributed by atoms with E-state index in [0.29, 0.717) is 62.7 Å². The molecule has 11 nitrogen and oxygen atoms in total. The van der Waals surface area contributed by atoms with Crippen molar-refractivity contribution < 1.29 is 24.2 Å². The fraction of sp³-hybridized carbons (Fsp3) is 0.400. The fourth-order valence-corrected chi connectivity index (χ4v) is 4.78. The maximum Gasteiger partial charge on any atom is 0.341 e. The van der Waals surface area contributed by atoms with Gasteiger partial charge in [-0.05, 0) is 43.8 Å². The van der Waals surface area contributed by atoms with E-state index in [9.17, 15) is 9.59 Å².